The van der Waals surface area contributed by atoms with Crippen LogP contribution in [0.4, 0.5) is 5.13 Å². The van der Waals surface area contributed by atoms with Gasteiger partial charge in [-0.3, -0.25) is 0 Å². The van der Waals surface area contributed by atoms with E-state index in [1.807, 2.05) is 0 Å². The summed E-state index contributed by atoms with van der Waals surface area (Å²) in [7, 11) is 0. The van der Waals surface area contributed by atoms with Gasteiger partial charge in [-0.1, -0.05) is 23.5 Å². The van der Waals surface area contributed by atoms with Gasteiger partial charge in [0.05, 0.1) is 10.2 Å². The van der Waals surface area contributed by atoms with Crippen LogP contribution in [0.1, 0.15) is 19.4 Å². The minimum atomic E-state index is 0.441. The molecular weight excluding hydrogens is 192 g/mol. The number of anilines is 1. The Bertz CT molecular complexity index is 445. The topological polar surface area (TPSA) is 24.9 Å². The molecule has 1 N–H and O–H groups in total. The van der Waals surface area contributed by atoms with Gasteiger partial charge in [0, 0.05) is 6.04 Å². The number of hydrogen-bond acceptors (Lipinski definition) is 3. The van der Waals surface area contributed by atoms with Crippen molar-refractivity contribution in [2.45, 2.75) is 26.8 Å². The summed E-state index contributed by atoms with van der Waals surface area (Å²) in [5, 5.41) is 4.35. The number of benzene rings is 1. The number of thiazole rings is 1. The summed E-state index contributed by atoms with van der Waals surface area (Å²) in [4.78, 5) is 4.52. The maximum absolute atomic E-state index is 4.52. The van der Waals surface area contributed by atoms with Crippen LogP contribution in [0.5, 0.6) is 0 Å². The molecule has 0 bridgehead atoms. The van der Waals surface area contributed by atoms with Crippen LogP contribution in [0.15, 0.2) is 18.2 Å². The molecule has 2 aromatic rings. The van der Waals surface area contributed by atoms with Gasteiger partial charge in [0.1, 0.15) is 0 Å². The lowest BCUT2D eigenvalue weighted by atomic mass is 10.2. The predicted molar refractivity (Wildman–Crippen MR) is 63.1 cm³/mol. The number of rotatable bonds is 2. The van der Waals surface area contributed by atoms with E-state index in [2.05, 4.69) is 49.3 Å². The molecule has 0 spiro atoms. The van der Waals surface area contributed by atoms with Gasteiger partial charge in [0.25, 0.3) is 0 Å². The van der Waals surface area contributed by atoms with Crippen LogP contribution in [0.2, 0.25) is 0 Å². The highest BCUT2D eigenvalue weighted by Gasteiger charge is 2.05. The second-order valence-corrected chi connectivity index (χ2v) is 4.74. The minimum Gasteiger partial charge on any atom is -0.359 e. The molecule has 0 saturated heterocycles. The van der Waals surface area contributed by atoms with Crippen LogP contribution < -0.4 is 5.32 Å². The van der Waals surface area contributed by atoms with E-state index in [0.717, 1.165) is 10.6 Å². The summed E-state index contributed by atoms with van der Waals surface area (Å²) in [6, 6.07) is 6.68. The van der Waals surface area contributed by atoms with Crippen molar-refractivity contribution in [3.63, 3.8) is 0 Å². The molecule has 0 aliphatic rings. The van der Waals surface area contributed by atoms with Crippen molar-refractivity contribution in [3.05, 3.63) is 23.8 Å². The average molecular weight is 206 g/mol. The monoisotopic (exact) mass is 206 g/mol. The van der Waals surface area contributed by atoms with Gasteiger partial charge in [-0.25, -0.2) is 4.98 Å². The lowest BCUT2D eigenvalue weighted by Crippen LogP contribution is -2.08. The van der Waals surface area contributed by atoms with Crippen molar-refractivity contribution in [2.24, 2.45) is 0 Å². The summed E-state index contributed by atoms with van der Waals surface area (Å²) in [6.07, 6.45) is 0. The summed E-state index contributed by atoms with van der Waals surface area (Å²) in [5.74, 6) is 0. The number of fused-ring (bicyclic) bond motifs is 1. The van der Waals surface area contributed by atoms with Gasteiger partial charge >= 0.3 is 0 Å². The normalized spacial score (nSPS) is 11.1. The van der Waals surface area contributed by atoms with Gasteiger partial charge in [-0.15, -0.1) is 0 Å². The second kappa shape index (κ2) is 3.58. The molecule has 74 valence electrons. The Morgan fingerprint density at radius 1 is 1.36 bits per heavy atom. The van der Waals surface area contributed by atoms with Crippen molar-refractivity contribution >= 4 is 26.7 Å². The van der Waals surface area contributed by atoms with Gasteiger partial charge in [-0.2, -0.15) is 0 Å². The van der Waals surface area contributed by atoms with Crippen molar-refractivity contribution < 1.29 is 0 Å². The minimum absolute atomic E-state index is 0.441. The van der Waals surface area contributed by atoms with Crippen LogP contribution in [0.3, 0.4) is 0 Å². The molecule has 2 rings (SSSR count). The zero-order valence-electron chi connectivity index (χ0n) is 8.66. The first-order valence-corrected chi connectivity index (χ1v) is 5.61. The van der Waals surface area contributed by atoms with Crippen LogP contribution in [-0.2, 0) is 0 Å². The van der Waals surface area contributed by atoms with Crippen LogP contribution in [0.25, 0.3) is 10.2 Å². The Labute approximate surface area is 88.0 Å². The van der Waals surface area contributed by atoms with E-state index in [-0.39, 0.29) is 0 Å². The molecule has 0 aliphatic heterocycles. The zero-order chi connectivity index (χ0) is 10.1. The molecule has 0 atom stereocenters. The molecule has 0 aliphatic carbocycles. The highest BCUT2D eigenvalue weighted by molar-refractivity contribution is 7.22. The Kier molecular flexibility index (Phi) is 2.42. The molecule has 0 fully saturated rings. The second-order valence-electron chi connectivity index (χ2n) is 3.74. The first kappa shape index (κ1) is 9.46. The van der Waals surface area contributed by atoms with Crippen LogP contribution in [-0.4, -0.2) is 11.0 Å². The largest absolute Gasteiger partial charge is 0.359 e. The fourth-order valence-corrected chi connectivity index (χ4v) is 2.47. The van der Waals surface area contributed by atoms with E-state index in [4.69, 9.17) is 0 Å². The highest BCUT2D eigenvalue weighted by atomic mass is 32.1. The highest BCUT2D eigenvalue weighted by Crippen LogP contribution is 2.28. The molecule has 3 heteroatoms. The molecule has 0 unspecified atom stereocenters. The van der Waals surface area contributed by atoms with E-state index in [1.165, 1.54) is 10.3 Å². The number of nitrogens with zero attached hydrogens (tertiary/aromatic N) is 1. The van der Waals surface area contributed by atoms with E-state index in [9.17, 15) is 0 Å². The average Bonchev–Trinajstić information content (AvgIpc) is 2.47. The van der Waals surface area contributed by atoms with E-state index < -0.39 is 0 Å². The third-order valence-electron chi connectivity index (χ3n) is 2.02. The Morgan fingerprint density at radius 3 is 2.79 bits per heavy atom. The van der Waals surface area contributed by atoms with E-state index in [1.54, 1.807) is 11.3 Å². The third-order valence-corrected chi connectivity index (χ3v) is 3.16. The van der Waals surface area contributed by atoms with Gasteiger partial charge in [-0.05, 0) is 32.4 Å². The Morgan fingerprint density at radius 2 is 2.14 bits per heavy atom. The number of hydrogen-bond donors (Lipinski definition) is 1. The Hall–Kier alpha value is -1.09. The number of nitrogens with one attached hydrogen (secondary N) is 1. The standard InChI is InChI=1S/C11H14N2S/c1-7(2)12-11-13-9-6-4-5-8(3)10(9)14-11/h4-7H,1-3H3,(H,12,13). The fraction of sp³-hybridized carbons (Fsp3) is 0.364. The molecule has 1 aromatic heterocycles. The van der Waals surface area contributed by atoms with Crippen molar-refractivity contribution in [2.75, 3.05) is 5.32 Å². The summed E-state index contributed by atoms with van der Waals surface area (Å²) >= 11 is 1.73. The van der Waals surface area contributed by atoms with E-state index >= 15 is 0 Å². The smallest absolute Gasteiger partial charge is 0.183 e. The van der Waals surface area contributed by atoms with E-state index in [0.29, 0.717) is 6.04 Å². The summed E-state index contributed by atoms with van der Waals surface area (Å²) in [5.41, 5.74) is 2.40. The molecule has 14 heavy (non-hydrogen) atoms. The quantitative estimate of drug-likeness (QED) is 0.814. The lowest BCUT2D eigenvalue weighted by Gasteiger charge is -2.03. The molecule has 2 nitrogen and oxygen atoms in total. The molecule has 0 saturated carbocycles. The fourth-order valence-electron chi connectivity index (χ4n) is 1.40. The molecule has 1 heterocycles. The summed E-state index contributed by atoms with van der Waals surface area (Å²) < 4.78 is 1.29. The van der Waals surface area contributed by atoms with Crippen LogP contribution in [0, 0.1) is 6.92 Å². The Balaban J connectivity index is 2.46. The zero-order valence-corrected chi connectivity index (χ0v) is 9.48. The van der Waals surface area contributed by atoms with Gasteiger partial charge in [0.15, 0.2) is 5.13 Å². The third kappa shape index (κ3) is 1.73. The number of aromatic nitrogens is 1. The lowest BCUT2D eigenvalue weighted by molar-refractivity contribution is 0.897. The molecule has 0 radical (unpaired) electrons. The number of aryl methyl sites for hydroxylation is 1. The van der Waals surface area contributed by atoms with Crippen LogP contribution >= 0.6 is 11.3 Å². The molecular formula is C11H14N2S. The predicted octanol–water partition coefficient (Wildman–Crippen LogP) is 3.43. The van der Waals surface area contributed by atoms with Crippen molar-refractivity contribution in [3.8, 4) is 0 Å². The summed E-state index contributed by atoms with van der Waals surface area (Å²) in [6.45, 7) is 6.37. The van der Waals surface area contributed by atoms with Crippen molar-refractivity contribution in [1.82, 2.24) is 4.98 Å². The van der Waals surface area contributed by atoms with Gasteiger partial charge in [0.2, 0.25) is 0 Å². The van der Waals surface area contributed by atoms with Gasteiger partial charge < -0.3 is 5.32 Å². The molecule has 1 aromatic carbocycles. The molecule has 0 amide bonds. The SMILES string of the molecule is Cc1cccc2nc(NC(C)C)sc12. The first-order chi connectivity index (χ1) is 6.66. The first-order valence-electron chi connectivity index (χ1n) is 4.79. The maximum atomic E-state index is 4.52. The van der Waals surface area contributed by atoms with Crippen molar-refractivity contribution in [1.29, 1.82) is 0 Å². The maximum Gasteiger partial charge on any atom is 0.183 e.